The van der Waals surface area contributed by atoms with E-state index in [-0.39, 0.29) is 35.5 Å². The van der Waals surface area contributed by atoms with Crippen molar-refractivity contribution in [1.82, 2.24) is 15.4 Å². The number of hydrogen-bond donors (Lipinski definition) is 1. The normalized spacial score (nSPS) is 23.0. The summed E-state index contributed by atoms with van der Waals surface area (Å²) >= 11 is 0. The number of β-lactam (4-membered cyclic amide) rings is 1. The Balaban J connectivity index is 1.38. The van der Waals surface area contributed by atoms with Crippen LogP contribution in [0.15, 0.2) is 22.7 Å². The van der Waals surface area contributed by atoms with Crippen LogP contribution in [0.4, 0.5) is 4.39 Å². The number of carbonyl (C=O) groups is 2. The number of halogens is 1. The molecule has 3 heterocycles. The number of piperidine rings is 1. The van der Waals surface area contributed by atoms with Crippen LogP contribution >= 0.6 is 0 Å². The maximum absolute atomic E-state index is 13.4. The third-order valence-electron chi connectivity index (χ3n) is 5.84. The Hall–Kier alpha value is -2.44. The van der Waals surface area contributed by atoms with Crippen LogP contribution in [0.1, 0.15) is 32.4 Å². The minimum absolute atomic E-state index is 0.0279. The van der Waals surface area contributed by atoms with Gasteiger partial charge < -0.3 is 14.7 Å². The van der Waals surface area contributed by atoms with Crippen LogP contribution in [-0.2, 0) is 16.0 Å². The fraction of sp³-hybridized carbons (Fsp3) is 0.526. The molecule has 2 saturated heterocycles. The molecule has 0 saturated carbocycles. The number of aromatic nitrogens is 1. The van der Waals surface area contributed by atoms with Crippen LogP contribution in [0, 0.1) is 17.2 Å². The van der Waals surface area contributed by atoms with E-state index in [9.17, 15) is 14.0 Å². The van der Waals surface area contributed by atoms with Gasteiger partial charge in [0.1, 0.15) is 11.5 Å². The molecule has 6 nitrogen and oxygen atoms in total. The monoisotopic (exact) mass is 359 g/mol. The van der Waals surface area contributed by atoms with Crippen LogP contribution < -0.4 is 5.32 Å². The van der Waals surface area contributed by atoms with Crippen molar-refractivity contribution in [3.05, 3.63) is 29.7 Å². The molecule has 1 aromatic heterocycles. The lowest BCUT2D eigenvalue weighted by Gasteiger charge is -2.50. The van der Waals surface area contributed by atoms with Crippen molar-refractivity contribution in [3.8, 4) is 0 Å². The number of nitrogens with one attached hydrogen (secondary N) is 1. The van der Waals surface area contributed by atoms with Gasteiger partial charge in [-0.2, -0.15) is 0 Å². The van der Waals surface area contributed by atoms with Crippen molar-refractivity contribution in [2.45, 2.75) is 39.2 Å². The third kappa shape index (κ3) is 2.75. The molecule has 2 amide bonds. The molecule has 0 spiro atoms. The summed E-state index contributed by atoms with van der Waals surface area (Å²) in [6.45, 7) is 5.28. The Morgan fingerprint density at radius 2 is 2.12 bits per heavy atom. The molecule has 1 atom stereocenters. The molecule has 0 bridgehead atoms. The van der Waals surface area contributed by atoms with Gasteiger partial charge in [-0.15, -0.1) is 0 Å². The summed E-state index contributed by atoms with van der Waals surface area (Å²) in [5.41, 5.74) is 0.635. The van der Waals surface area contributed by atoms with Crippen LogP contribution in [0.2, 0.25) is 0 Å². The van der Waals surface area contributed by atoms with E-state index < -0.39 is 0 Å². The standard InChI is InChI=1S/C19H22FN3O3/c1-19(2)17(21-18(19)25)11-5-7-23(8-6-11)16(24)10-14-13-9-12(20)3-4-15(13)26-22-14/h3-4,9,11,17H,5-8,10H2,1-2H3,(H,21,25). The maximum atomic E-state index is 13.4. The first-order valence-corrected chi connectivity index (χ1v) is 8.99. The molecule has 0 aliphatic carbocycles. The van der Waals surface area contributed by atoms with Gasteiger partial charge in [0, 0.05) is 24.5 Å². The first-order valence-electron chi connectivity index (χ1n) is 8.99. The fourth-order valence-corrected chi connectivity index (χ4v) is 4.10. The predicted octanol–water partition coefficient (Wildman–Crippen LogP) is 2.27. The predicted molar refractivity (Wildman–Crippen MR) is 92.7 cm³/mol. The summed E-state index contributed by atoms with van der Waals surface area (Å²) in [7, 11) is 0. The lowest BCUT2D eigenvalue weighted by atomic mass is 9.68. The van der Waals surface area contributed by atoms with E-state index >= 15 is 0 Å². The Morgan fingerprint density at radius 1 is 1.38 bits per heavy atom. The Labute approximate surface area is 150 Å². The minimum atomic E-state index is -0.375. The number of rotatable bonds is 3. The van der Waals surface area contributed by atoms with Gasteiger partial charge in [0.05, 0.1) is 11.8 Å². The van der Waals surface area contributed by atoms with Gasteiger partial charge in [-0.3, -0.25) is 9.59 Å². The van der Waals surface area contributed by atoms with Gasteiger partial charge in [0.15, 0.2) is 5.58 Å². The number of fused-ring (bicyclic) bond motifs is 1. The molecule has 7 heteroatoms. The highest BCUT2D eigenvalue weighted by molar-refractivity contribution is 5.89. The van der Waals surface area contributed by atoms with E-state index in [1.807, 2.05) is 18.7 Å². The van der Waals surface area contributed by atoms with E-state index in [0.29, 0.717) is 35.7 Å². The van der Waals surface area contributed by atoms with Gasteiger partial charge >= 0.3 is 0 Å². The molecular formula is C19H22FN3O3. The fourth-order valence-electron chi connectivity index (χ4n) is 4.10. The molecule has 4 rings (SSSR count). The van der Waals surface area contributed by atoms with Crippen molar-refractivity contribution in [1.29, 1.82) is 0 Å². The topological polar surface area (TPSA) is 75.4 Å². The first-order chi connectivity index (χ1) is 12.4. The van der Waals surface area contributed by atoms with Gasteiger partial charge in [0.25, 0.3) is 0 Å². The van der Waals surface area contributed by atoms with Gasteiger partial charge in [0.2, 0.25) is 11.8 Å². The van der Waals surface area contributed by atoms with Crippen molar-refractivity contribution in [2.24, 2.45) is 11.3 Å². The SMILES string of the molecule is CC1(C)C(=O)NC1C1CCN(C(=O)Cc2noc3ccc(F)cc23)CC1. The number of carbonyl (C=O) groups excluding carboxylic acids is 2. The molecule has 0 radical (unpaired) electrons. The van der Waals surface area contributed by atoms with Gasteiger partial charge in [-0.25, -0.2) is 4.39 Å². The quantitative estimate of drug-likeness (QED) is 0.853. The molecule has 2 aliphatic rings. The zero-order valence-electron chi connectivity index (χ0n) is 14.9. The van der Waals surface area contributed by atoms with Crippen molar-refractivity contribution < 1.29 is 18.5 Å². The average molecular weight is 359 g/mol. The summed E-state index contributed by atoms with van der Waals surface area (Å²) in [5.74, 6) is 0.0973. The Morgan fingerprint density at radius 3 is 2.77 bits per heavy atom. The second-order valence-corrected chi connectivity index (χ2v) is 7.84. The third-order valence-corrected chi connectivity index (χ3v) is 5.84. The zero-order valence-corrected chi connectivity index (χ0v) is 14.9. The Kier molecular flexibility index (Phi) is 3.97. The second kappa shape index (κ2) is 6.07. The van der Waals surface area contributed by atoms with Crippen molar-refractivity contribution in [3.63, 3.8) is 0 Å². The van der Waals surface area contributed by atoms with Crippen LogP contribution in [0.3, 0.4) is 0 Å². The molecule has 26 heavy (non-hydrogen) atoms. The largest absolute Gasteiger partial charge is 0.356 e. The van der Waals surface area contributed by atoms with E-state index in [4.69, 9.17) is 4.52 Å². The number of benzene rings is 1. The van der Waals surface area contributed by atoms with Crippen molar-refractivity contribution in [2.75, 3.05) is 13.1 Å². The highest BCUT2D eigenvalue weighted by atomic mass is 19.1. The average Bonchev–Trinajstić information content (AvgIpc) is 3.01. The summed E-state index contributed by atoms with van der Waals surface area (Å²) in [5, 5.41) is 7.48. The molecule has 1 N–H and O–H groups in total. The number of likely N-dealkylation sites (tertiary alicyclic amines) is 1. The first kappa shape index (κ1) is 17.0. The summed E-state index contributed by atoms with van der Waals surface area (Å²) in [4.78, 5) is 26.1. The summed E-state index contributed by atoms with van der Waals surface area (Å²) in [6, 6.07) is 4.37. The summed E-state index contributed by atoms with van der Waals surface area (Å²) in [6.07, 6.45) is 1.84. The molecule has 2 fully saturated rings. The van der Waals surface area contributed by atoms with Gasteiger partial charge in [-0.05, 0) is 50.8 Å². The molecule has 1 unspecified atom stereocenters. The minimum Gasteiger partial charge on any atom is -0.356 e. The maximum Gasteiger partial charge on any atom is 0.228 e. The van der Waals surface area contributed by atoms with Crippen molar-refractivity contribution >= 4 is 22.8 Å². The number of hydrogen-bond acceptors (Lipinski definition) is 4. The lowest BCUT2D eigenvalue weighted by Crippen LogP contribution is -2.68. The lowest BCUT2D eigenvalue weighted by molar-refractivity contribution is -0.147. The molecule has 2 aliphatic heterocycles. The molecular weight excluding hydrogens is 337 g/mol. The number of amides is 2. The number of nitrogens with zero attached hydrogens (tertiary/aromatic N) is 2. The highest BCUT2D eigenvalue weighted by Gasteiger charge is 2.51. The zero-order chi connectivity index (χ0) is 18.5. The molecule has 2 aromatic rings. The molecule has 1 aromatic carbocycles. The van der Waals surface area contributed by atoms with E-state index in [1.54, 1.807) is 0 Å². The van der Waals surface area contributed by atoms with Gasteiger partial charge in [-0.1, -0.05) is 5.16 Å². The second-order valence-electron chi connectivity index (χ2n) is 7.84. The van der Waals surface area contributed by atoms with Crippen LogP contribution in [-0.4, -0.2) is 41.0 Å². The van der Waals surface area contributed by atoms with E-state index in [0.717, 1.165) is 12.8 Å². The Bertz CT molecular complexity index is 868. The van der Waals surface area contributed by atoms with E-state index in [1.165, 1.54) is 18.2 Å². The molecule has 138 valence electrons. The van der Waals surface area contributed by atoms with E-state index in [2.05, 4.69) is 10.5 Å². The van der Waals surface area contributed by atoms with Crippen LogP contribution in [0.25, 0.3) is 11.0 Å². The smallest absolute Gasteiger partial charge is 0.228 e. The highest BCUT2D eigenvalue weighted by Crippen LogP contribution is 2.38. The van der Waals surface area contributed by atoms with Crippen LogP contribution in [0.5, 0.6) is 0 Å². The summed E-state index contributed by atoms with van der Waals surface area (Å²) < 4.78 is 18.6.